The summed E-state index contributed by atoms with van der Waals surface area (Å²) in [4.78, 5) is 9.53. The van der Waals surface area contributed by atoms with E-state index in [4.69, 9.17) is 0 Å². The van der Waals surface area contributed by atoms with Gasteiger partial charge in [-0.2, -0.15) is 16.4 Å². The van der Waals surface area contributed by atoms with Crippen molar-refractivity contribution in [2.45, 2.75) is 39.9 Å². The van der Waals surface area contributed by atoms with Gasteiger partial charge in [-0.15, -0.1) is 0 Å². The number of aromatic nitrogens is 3. The first-order valence-electron chi connectivity index (χ1n) is 8.48. The van der Waals surface area contributed by atoms with Crippen molar-refractivity contribution in [2.24, 2.45) is 5.92 Å². The molecule has 3 rings (SSSR count). The summed E-state index contributed by atoms with van der Waals surface area (Å²) >= 11 is 1.79. The predicted octanol–water partition coefficient (Wildman–Crippen LogP) is 2.87. The van der Waals surface area contributed by atoms with Gasteiger partial charge in [0.1, 0.15) is 12.2 Å². The Morgan fingerprint density at radius 1 is 1.17 bits per heavy atom. The zero-order valence-electron chi connectivity index (χ0n) is 14.4. The lowest BCUT2D eigenvalue weighted by Crippen LogP contribution is -2.46. The number of hydrogen-bond acceptors (Lipinski definition) is 5. The highest BCUT2D eigenvalue weighted by Gasteiger charge is 2.23. The molecule has 2 aromatic heterocycles. The summed E-state index contributed by atoms with van der Waals surface area (Å²) in [7, 11) is 0. The summed E-state index contributed by atoms with van der Waals surface area (Å²) in [6.45, 7) is 13.1. The van der Waals surface area contributed by atoms with E-state index in [0.717, 1.165) is 45.1 Å². The minimum absolute atomic E-state index is 0.521. The smallest absolute Gasteiger partial charge is 0.141 e. The molecular formula is C17H27N5S. The van der Waals surface area contributed by atoms with E-state index in [2.05, 4.69) is 62.2 Å². The van der Waals surface area contributed by atoms with Crippen LogP contribution in [0.25, 0.3) is 0 Å². The van der Waals surface area contributed by atoms with Crippen LogP contribution in [0.4, 0.5) is 0 Å². The first kappa shape index (κ1) is 16.6. The number of thiophene rings is 1. The van der Waals surface area contributed by atoms with Crippen LogP contribution in [0.5, 0.6) is 0 Å². The lowest BCUT2D eigenvalue weighted by molar-refractivity contribution is 0.0951. The molecule has 0 amide bonds. The maximum absolute atomic E-state index is 4.46. The molecule has 5 nitrogen and oxygen atoms in total. The lowest BCUT2D eigenvalue weighted by Gasteiger charge is -2.37. The fourth-order valence-electron chi connectivity index (χ4n) is 3.14. The van der Waals surface area contributed by atoms with Gasteiger partial charge in [-0.05, 0) is 35.2 Å². The Hall–Kier alpha value is -1.24. The third kappa shape index (κ3) is 4.19. The second-order valence-corrected chi connectivity index (χ2v) is 7.58. The molecule has 0 radical (unpaired) electrons. The molecular weight excluding hydrogens is 306 g/mol. The summed E-state index contributed by atoms with van der Waals surface area (Å²) in [6, 6.07) is 2.77. The topological polar surface area (TPSA) is 37.2 Å². The van der Waals surface area contributed by atoms with Crippen LogP contribution in [0.15, 0.2) is 23.2 Å². The second kappa shape index (κ2) is 7.55. The van der Waals surface area contributed by atoms with Crippen LogP contribution >= 0.6 is 11.3 Å². The van der Waals surface area contributed by atoms with Gasteiger partial charge in [-0.1, -0.05) is 13.8 Å². The van der Waals surface area contributed by atoms with Crippen LogP contribution in [-0.2, 0) is 13.1 Å². The van der Waals surface area contributed by atoms with Gasteiger partial charge in [-0.25, -0.2) is 9.67 Å². The molecule has 0 spiro atoms. The standard InChI is InChI=1S/C17H27N5S/c1-14(2)10-22-17(18-13-19-22)11-20-5-7-21(8-6-20)15(3)16-4-9-23-12-16/h4,9,12-15H,5-8,10-11H2,1-3H3. The van der Waals surface area contributed by atoms with Gasteiger partial charge >= 0.3 is 0 Å². The van der Waals surface area contributed by atoms with Crippen molar-refractivity contribution in [3.8, 4) is 0 Å². The quantitative estimate of drug-likeness (QED) is 0.814. The molecule has 126 valence electrons. The Morgan fingerprint density at radius 2 is 1.96 bits per heavy atom. The van der Waals surface area contributed by atoms with Gasteiger partial charge < -0.3 is 0 Å². The van der Waals surface area contributed by atoms with Crippen molar-refractivity contribution >= 4 is 11.3 Å². The van der Waals surface area contributed by atoms with Crippen molar-refractivity contribution in [2.75, 3.05) is 26.2 Å². The van der Waals surface area contributed by atoms with Crippen LogP contribution in [0.3, 0.4) is 0 Å². The van der Waals surface area contributed by atoms with Crippen molar-refractivity contribution in [1.82, 2.24) is 24.6 Å². The molecule has 1 aliphatic rings. The Morgan fingerprint density at radius 3 is 2.61 bits per heavy atom. The predicted molar refractivity (Wildman–Crippen MR) is 94.4 cm³/mol. The largest absolute Gasteiger partial charge is 0.294 e. The van der Waals surface area contributed by atoms with E-state index < -0.39 is 0 Å². The van der Waals surface area contributed by atoms with Gasteiger partial charge in [0.25, 0.3) is 0 Å². The SMILES string of the molecule is CC(C)Cn1ncnc1CN1CCN(C(C)c2ccsc2)CC1. The minimum Gasteiger partial charge on any atom is -0.294 e. The van der Waals surface area contributed by atoms with Crippen molar-refractivity contribution in [3.05, 3.63) is 34.5 Å². The molecule has 1 saturated heterocycles. The molecule has 1 unspecified atom stereocenters. The zero-order chi connectivity index (χ0) is 16.2. The number of rotatable bonds is 6. The molecule has 0 aromatic carbocycles. The summed E-state index contributed by atoms with van der Waals surface area (Å²) in [5.74, 6) is 1.69. The van der Waals surface area contributed by atoms with Crippen molar-refractivity contribution < 1.29 is 0 Å². The Labute approximate surface area is 142 Å². The van der Waals surface area contributed by atoms with Gasteiger partial charge in [-0.3, -0.25) is 9.80 Å². The van der Waals surface area contributed by atoms with E-state index in [-0.39, 0.29) is 0 Å². The van der Waals surface area contributed by atoms with Crippen molar-refractivity contribution in [3.63, 3.8) is 0 Å². The monoisotopic (exact) mass is 333 g/mol. The van der Waals surface area contributed by atoms with Gasteiger partial charge in [0.05, 0.1) is 6.54 Å². The highest BCUT2D eigenvalue weighted by atomic mass is 32.1. The third-order valence-corrected chi connectivity index (χ3v) is 5.28. The Bertz CT molecular complexity index is 584. The normalized spacial score (nSPS) is 18.6. The maximum atomic E-state index is 4.46. The average molecular weight is 334 g/mol. The molecule has 1 aliphatic heterocycles. The van der Waals surface area contributed by atoms with Crippen LogP contribution in [0.2, 0.25) is 0 Å². The molecule has 0 aliphatic carbocycles. The summed E-state index contributed by atoms with van der Waals surface area (Å²) in [5.41, 5.74) is 1.44. The van der Waals surface area contributed by atoms with E-state index in [1.807, 2.05) is 0 Å². The molecule has 1 fully saturated rings. The summed E-state index contributed by atoms with van der Waals surface area (Å²) in [6.07, 6.45) is 1.69. The fraction of sp³-hybridized carbons (Fsp3) is 0.647. The number of nitrogens with zero attached hydrogens (tertiary/aromatic N) is 5. The fourth-order valence-corrected chi connectivity index (χ4v) is 3.89. The van der Waals surface area contributed by atoms with E-state index in [1.165, 1.54) is 5.56 Å². The second-order valence-electron chi connectivity index (χ2n) is 6.80. The Kier molecular flexibility index (Phi) is 5.46. The van der Waals surface area contributed by atoms with E-state index in [1.54, 1.807) is 17.7 Å². The summed E-state index contributed by atoms with van der Waals surface area (Å²) < 4.78 is 2.06. The van der Waals surface area contributed by atoms with Crippen LogP contribution in [0.1, 0.15) is 38.2 Å². The van der Waals surface area contributed by atoms with Gasteiger partial charge in [0.2, 0.25) is 0 Å². The Balaban J connectivity index is 1.52. The molecule has 1 atom stereocenters. The van der Waals surface area contributed by atoms with Crippen LogP contribution in [0, 0.1) is 5.92 Å². The first-order chi connectivity index (χ1) is 11.1. The summed E-state index contributed by atoms with van der Waals surface area (Å²) in [5, 5.41) is 8.81. The van der Waals surface area contributed by atoms with Crippen LogP contribution in [-0.4, -0.2) is 50.7 Å². The van der Waals surface area contributed by atoms with E-state index in [9.17, 15) is 0 Å². The highest BCUT2D eigenvalue weighted by Crippen LogP contribution is 2.23. The molecule has 6 heteroatoms. The number of piperazine rings is 1. The molecule has 3 heterocycles. The zero-order valence-corrected chi connectivity index (χ0v) is 15.2. The van der Waals surface area contributed by atoms with Gasteiger partial charge in [0, 0.05) is 38.8 Å². The van der Waals surface area contributed by atoms with Crippen LogP contribution < -0.4 is 0 Å². The molecule has 0 bridgehead atoms. The third-order valence-electron chi connectivity index (χ3n) is 4.58. The minimum atomic E-state index is 0.521. The molecule has 23 heavy (non-hydrogen) atoms. The average Bonchev–Trinajstić information content (AvgIpc) is 3.19. The molecule has 0 N–H and O–H groups in total. The van der Waals surface area contributed by atoms with Crippen molar-refractivity contribution in [1.29, 1.82) is 0 Å². The van der Waals surface area contributed by atoms with Gasteiger partial charge in [0.15, 0.2) is 0 Å². The molecule has 2 aromatic rings. The number of hydrogen-bond donors (Lipinski definition) is 0. The first-order valence-corrected chi connectivity index (χ1v) is 9.43. The lowest BCUT2D eigenvalue weighted by atomic mass is 10.1. The van der Waals surface area contributed by atoms with E-state index in [0.29, 0.717) is 12.0 Å². The highest BCUT2D eigenvalue weighted by molar-refractivity contribution is 7.07. The van der Waals surface area contributed by atoms with E-state index >= 15 is 0 Å². The molecule has 0 saturated carbocycles. The maximum Gasteiger partial charge on any atom is 0.141 e.